The van der Waals surface area contributed by atoms with Crippen LogP contribution in [0.4, 0.5) is 0 Å². The molecule has 1 N–H and O–H groups in total. The summed E-state index contributed by atoms with van der Waals surface area (Å²) in [5.74, 6) is 3.15. The number of aromatic nitrogens is 2. The van der Waals surface area contributed by atoms with Gasteiger partial charge in [0.25, 0.3) is 0 Å². The second kappa shape index (κ2) is 7.37. The van der Waals surface area contributed by atoms with Crippen molar-refractivity contribution in [3.63, 3.8) is 0 Å². The summed E-state index contributed by atoms with van der Waals surface area (Å²) in [5, 5.41) is 0. The summed E-state index contributed by atoms with van der Waals surface area (Å²) in [4.78, 5) is 7.62. The number of aromatic amines is 1. The van der Waals surface area contributed by atoms with Crippen molar-refractivity contribution in [3.05, 3.63) is 71.1 Å². The van der Waals surface area contributed by atoms with Crippen LogP contribution in [0.5, 0.6) is 23.0 Å². The van der Waals surface area contributed by atoms with Crippen LogP contribution in [0.1, 0.15) is 34.2 Å². The van der Waals surface area contributed by atoms with Crippen LogP contribution >= 0.6 is 0 Å². The van der Waals surface area contributed by atoms with Gasteiger partial charge >= 0.3 is 0 Å². The molecule has 0 amide bonds. The Labute approximate surface area is 202 Å². The quantitative estimate of drug-likeness (QED) is 0.435. The summed E-state index contributed by atoms with van der Waals surface area (Å²) in [6, 6.07) is 12.7. The smallest absolute Gasteiger partial charge is 0.231 e. The highest BCUT2D eigenvalue weighted by atomic mass is 16.7. The lowest BCUT2D eigenvalue weighted by molar-refractivity contribution is -0.544. The zero-order chi connectivity index (χ0) is 23.7. The number of imidazole rings is 1. The Kier molecular flexibility index (Phi) is 4.24. The first-order valence-corrected chi connectivity index (χ1v) is 11.6. The van der Waals surface area contributed by atoms with Crippen molar-refractivity contribution in [1.29, 1.82) is 0 Å². The second-order valence-electron chi connectivity index (χ2n) is 9.08. The van der Waals surface area contributed by atoms with Gasteiger partial charge in [-0.15, -0.1) is 0 Å². The van der Waals surface area contributed by atoms with E-state index in [0.29, 0.717) is 0 Å². The Hall–Kier alpha value is -4.26. The van der Waals surface area contributed by atoms with Crippen LogP contribution in [0, 0.1) is 0 Å². The third-order valence-corrected chi connectivity index (χ3v) is 7.31. The molecule has 0 bridgehead atoms. The average Bonchev–Trinajstić information content (AvgIpc) is 3.56. The SMILES string of the molecule is COc1cc2c(cc1OC)C1C(C=C2)c2c(-c3ccc4nc[nH]c4c3)cc3c(c2C=[N+]1C)OCO3. The normalized spacial score (nSPS) is 19.1. The topological polar surface area (TPSA) is 68.6 Å². The van der Waals surface area contributed by atoms with Crippen LogP contribution in [0.15, 0.2) is 48.8 Å². The van der Waals surface area contributed by atoms with Crippen LogP contribution in [0.25, 0.3) is 28.2 Å². The fraction of sp³-hybridized carbons (Fsp3) is 0.214. The summed E-state index contributed by atoms with van der Waals surface area (Å²) < 4.78 is 25.3. The number of ether oxygens (including phenoxy) is 4. The molecule has 2 atom stereocenters. The molecule has 0 spiro atoms. The lowest BCUT2D eigenvalue weighted by Crippen LogP contribution is -2.30. The fourth-order valence-electron chi connectivity index (χ4n) is 5.74. The van der Waals surface area contributed by atoms with E-state index in [9.17, 15) is 0 Å². The van der Waals surface area contributed by atoms with Gasteiger partial charge in [-0.2, -0.15) is 0 Å². The van der Waals surface area contributed by atoms with E-state index in [1.165, 1.54) is 11.1 Å². The monoisotopic (exact) mass is 466 g/mol. The number of hydrogen-bond donors (Lipinski definition) is 1. The van der Waals surface area contributed by atoms with Gasteiger partial charge in [0, 0.05) is 5.56 Å². The van der Waals surface area contributed by atoms with E-state index in [4.69, 9.17) is 18.9 Å². The van der Waals surface area contributed by atoms with Crippen molar-refractivity contribution < 1.29 is 23.5 Å². The molecule has 174 valence electrons. The Morgan fingerprint density at radius 2 is 1.91 bits per heavy atom. The standard InChI is InChI=1S/C28H24N3O4/c1-31-12-20-26(17-6-4-16-9-23(32-2)24(33-3)11-19(16)27(17)31)18(10-25-28(20)35-14-34-25)15-5-7-21-22(8-15)30-13-29-21/h4-13,17,27H,14H2,1-3H3,(H,29,30)/q+1. The van der Waals surface area contributed by atoms with Crippen LogP contribution in [0.3, 0.4) is 0 Å². The minimum absolute atomic E-state index is 0.0947. The molecule has 4 aromatic rings. The molecule has 7 nitrogen and oxygen atoms in total. The highest BCUT2D eigenvalue weighted by Crippen LogP contribution is 2.53. The number of benzene rings is 3. The zero-order valence-corrected chi connectivity index (χ0v) is 19.7. The van der Waals surface area contributed by atoms with Crippen molar-refractivity contribution in [2.75, 3.05) is 28.1 Å². The summed E-state index contributed by atoms with van der Waals surface area (Å²) in [5.41, 5.74) is 8.82. The molecule has 3 heterocycles. The number of fused-ring (bicyclic) bond motifs is 8. The van der Waals surface area contributed by atoms with Crippen LogP contribution < -0.4 is 18.9 Å². The molecule has 35 heavy (non-hydrogen) atoms. The van der Waals surface area contributed by atoms with Gasteiger partial charge in [0.05, 0.1) is 43.1 Å². The summed E-state index contributed by atoms with van der Waals surface area (Å²) in [6.45, 7) is 0.228. The van der Waals surface area contributed by atoms with Crippen LogP contribution in [-0.4, -0.2) is 48.8 Å². The van der Waals surface area contributed by atoms with E-state index in [0.717, 1.165) is 56.3 Å². The van der Waals surface area contributed by atoms with E-state index in [1.54, 1.807) is 20.5 Å². The van der Waals surface area contributed by atoms with Crippen molar-refractivity contribution in [3.8, 4) is 34.1 Å². The molecular formula is C28H24N3O4+. The van der Waals surface area contributed by atoms with Gasteiger partial charge in [-0.3, -0.25) is 0 Å². The maximum absolute atomic E-state index is 5.95. The van der Waals surface area contributed by atoms with Crippen molar-refractivity contribution in [2.24, 2.45) is 0 Å². The number of H-pyrrole nitrogens is 1. The molecule has 0 saturated carbocycles. The first-order chi connectivity index (χ1) is 17.2. The molecule has 7 rings (SSSR count). The predicted octanol–water partition coefficient (Wildman–Crippen LogP) is 4.90. The first kappa shape index (κ1) is 20.1. The lowest BCUT2D eigenvalue weighted by Gasteiger charge is -2.33. The Morgan fingerprint density at radius 1 is 1.06 bits per heavy atom. The van der Waals surface area contributed by atoms with E-state index >= 15 is 0 Å². The minimum atomic E-state index is 0.0947. The van der Waals surface area contributed by atoms with Gasteiger partial charge in [0.1, 0.15) is 7.05 Å². The molecule has 3 aliphatic rings. The maximum atomic E-state index is 5.95. The number of methoxy groups -OCH3 is 2. The van der Waals surface area contributed by atoms with Gasteiger partial charge in [-0.1, -0.05) is 18.2 Å². The fourth-order valence-corrected chi connectivity index (χ4v) is 5.74. The van der Waals surface area contributed by atoms with Crippen LogP contribution in [0.2, 0.25) is 0 Å². The van der Waals surface area contributed by atoms with E-state index in [1.807, 2.05) is 0 Å². The molecule has 0 fully saturated rings. The number of nitrogens with zero attached hydrogens (tertiary/aromatic N) is 2. The summed E-state index contributed by atoms with van der Waals surface area (Å²) in [6.07, 6.45) is 8.39. The number of likely N-dealkylation sites (N-methyl/N-ethyl adjacent to an activating group) is 1. The molecule has 0 saturated heterocycles. The molecule has 1 aromatic heterocycles. The molecular weight excluding hydrogens is 442 g/mol. The number of rotatable bonds is 3. The third kappa shape index (κ3) is 2.84. The predicted molar refractivity (Wildman–Crippen MR) is 133 cm³/mol. The Bertz CT molecular complexity index is 1580. The van der Waals surface area contributed by atoms with Crippen LogP contribution in [-0.2, 0) is 0 Å². The molecule has 0 radical (unpaired) electrons. The largest absolute Gasteiger partial charge is 0.493 e. The van der Waals surface area contributed by atoms with Crippen molar-refractivity contribution in [1.82, 2.24) is 9.97 Å². The Morgan fingerprint density at radius 3 is 2.77 bits per heavy atom. The molecule has 3 aromatic carbocycles. The average molecular weight is 467 g/mol. The van der Waals surface area contributed by atoms with Gasteiger partial charge in [-0.05, 0) is 52.6 Å². The van der Waals surface area contributed by atoms with Gasteiger partial charge in [0.2, 0.25) is 6.79 Å². The molecule has 1 aliphatic carbocycles. The first-order valence-electron chi connectivity index (χ1n) is 11.6. The van der Waals surface area contributed by atoms with Gasteiger partial charge in [0.15, 0.2) is 35.3 Å². The number of hydrogen-bond acceptors (Lipinski definition) is 5. The van der Waals surface area contributed by atoms with E-state index in [-0.39, 0.29) is 18.8 Å². The maximum Gasteiger partial charge on any atom is 0.231 e. The van der Waals surface area contributed by atoms with E-state index < -0.39 is 0 Å². The minimum Gasteiger partial charge on any atom is -0.493 e. The third-order valence-electron chi connectivity index (χ3n) is 7.31. The summed E-state index contributed by atoms with van der Waals surface area (Å²) >= 11 is 0. The van der Waals surface area contributed by atoms with Crippen molar-refractivity contribution in [2.45, 2.75) is 12.0 Å². The molecule has 2 unspecified atom stereocenters. The van der Waals surface area contributed by atoms with Gasteiger partial charge < -0.3 is 23.9 Å². The second-order valence-corrected chi connectivity index (χ2v) is 9.08. The van der Waals surface area contributed by atoms with E-state index in [2.05, 4.69) is 76.4 Å². The highest BCUT2D eigenvalue weighted by Gasteiger charge is 2.43. The van der Waals surface area contributed by atoms with Gasteiger partial charge in [-0.25, -0.2) is 9.56 Å². The summed E-state index contributed by atoms with van der Waals surface area (Å²) in [7, 11) is 5.46. The molecule has 7 heteroatoms. The highest BCUT2D eigenvalue weighted by molar-refractivity contribution is 5.93. The molecule has 2 aliphatic heterocycles. The van der Waals surface area contributed by atoms with Crippen molar-refractivity contribution >= 4 is 23.3 Å². The lowest BCUT2D eigenvalue weighted by atomic mass is 9.74. The number of nitrogens with one attached hydrogen (secondary N) is 1. The zero-order valence-electron chi connectivity index (χ0n) is 19.7. The Balaban J connectivity index is 1.48.